The summed E-state index contributed by atoms with van der Waals surface area (Å²) in [5, 5.41) is 6.09. The molecule has 2 heterocycles. The van der Waals surface area contributed by atoms with Gasteiger partial charge in [-0.2, -0.15) is 0 Å². The second-order valence-electron chi connectivity index (χ2n) is 5.93. The van der Waals surface area contributed by atoms with E-state index in [0.717, 1.165) is 13.0 Å². The Balaban J connectivity index is 1.47. The summed E-state index contributed by atoms with van der Waals surface area (Å²) in [7, 11) is 0. The Bertz CT molecular complexity index is 508. The molecule has 2 unspecified atom stereocenters. The molecule has 2 aliphatic rings. The normalized spacial score (nSPS) is 25.6. The van der Waals surface area contributed by atoms with E-state index in [2.05, 4.69) is 15.5 Å². The molecule has 2 saturated heterocycles. The van der Waals surface area contributed by atoms with Gasteiger partial charge in [0.05, 0.1) is 6.54 Å². The highest BCUT2D eigenvalue weighted by atomic mass is 19.1. The van der Waals surface area contributed by atoms with Crippen LogP contribution >= 0.6 is 0 Å². The van der Waals surface area contributed by atoms with E-state index < -0.39 is 0 Å². The van der Waals surface area contributed by atoms with Crippen molar-refractivity contribution in [1.29, 1.82) is 0 Å². The first kappa shape index (κ1) is 14.5. The fourth-order valence-electron chi connectivity index (χ4n) is 3.48. The van der Waals surface area contributed by atoms with Crippen LogP contribution in [0, 0.1) is 5.82 Å². The van der Waals surface area contributed by atoms with Crippen LogP contribution in [0.2, 0.25) is 0 Å². The molecule has 0 aromatic heterocycles. The molecule has 0 bridgehead atoms. The van der Waals surface area contributed by atoms with Gasteiger partial charge >= 0.3 is 0 Å². The van der Waals surface area contributed by atoms with Crippen molar-refractivity contribution < 1.29 is 9.18 Å². The van der Waals surface area contributed by atoms with Gasteiger partial charge in [0.15, 0.2) is 0 Å². The fraction of sp³-hybridized carbons (Fsp3) is 0.562. The Hall–Kier alpha value is -1.46. The maximum absolute atomic E-state index is 13.1. The van der Waals surface area contributed by atoms with Crippen molar-refractivity contribution >= 4 is 11.6 Å². The molecule has 5 heteroatoms. The molecule has 21 heavy (non-hydrogen) atoms. The summed E-state index contributed by atoms with van der Waals surface area (Å²) in [6.07, 6.45) is 4.92. The van der Waals surface area contributed by atoms with Gasteiger partial charge in [0, 0.05) is 24.3 Å². The van der Waals surface area contributed by atoms with Gasteiger partial charge in [0.25, 0.3) is 0 Å². The molecule has 0 spiro atoms. The summed E-state index contributed by atoms with van der Waals surface area (Å²) < 4.78 is 13.1. The number of piperidine rings is 1. The lowest BCUT2D eigenvalue weighted by Gasteiger charge is -2.32. The van der Waals surface area contributed by atoms with Gasteiger partial charge in [-0.3, -0.25) is 9.69 Å². The smallest absolute Gasteiger partial charge is 0.238 e. The lowest BCUT2D eigenvalue weighted by Crippen LogP contribution is -2.46. The fourth-order valence-corrected chi connectivity index (χ4v) is 3.48. The molecular formula is C16H22FN3O. The van der Waals surface area contributed by atoms with Crippen molar-refractivity contribution in [2.24, 2.45) is 0 Å². The molecule has 2 aliphatic heterocycles. The minimum atomic E-state index is -0.339. The molecule has 2 fully saturated rings. The van der Waals surface area contributed by atoms with Crippen molar-refractivity contribution in [3.8, 4) is 0 Å². The lowest BCUT2D eigenvalue weighted by atomic mass is 9.99. The van der Waals surface area contributed by atoms with Crippen LogP contribution in [0.5, 0.6) is 0 Å². The standard InChI is InChI=1S/C16H22FN3O/c17-12-4-3-5-13(10-12)19-16(21)11-18-14-7-9-20-8-2-1-6-15(14)20/h3-5,10,14-15,18H,1-2,6-9,11H2,(H,19,21). The molecule has 2 atom stereocenters. The highest BCUT2D eigenvalue weighted by Gasteiger charge is 2.35. The van der Waals surface area contributed by atoms with E-state index in [4.69, 9.17) is 0 Å². The average molecular weight is 291 g/mol. The van der Waals surface area contributed by atoms with E-state index >= 15 is 0 Å². The Morgan fingerprint density at radius 2 is 2.19 bits per heavy atom. The molecule has 0 saturated carbocycles. The van der Waals surface area contributed by atoms with E-state index in [1.54, 1.807) is 12.1 Å². The van der Waals surface area contributed by atoms with Crippen LogP contribution in [0.25, 0.3) is 0 Å². The molecule has 2 N–H and O–H groups in total. The van der Waals surface area contributed by atoms with Gasteiger partial charge in [0.2, 0.25) is 5.91 Å². The van der Waals surface area contributed by atoms with Crippen molar-refractivity contribution in [2.45, 2.75) is 37.8 Å². The number of amides is 1. The lowest BCUT2D eigenvalue weighted by molar-refractivity contribution is -0.115. The molecule has 0 radical (unpaired) electrons. The van der Waals surface area contributed by atoms with Gasteiger partial charge in [-0.1, -0.05) is 12.5 Å². The summed E-state index contributed by atoms with van der Waals surface area (Å²) in [4.78, 5) is 14.5. The number of carbonyl (C=O) groups excluding carboxylic acids is 1. The third kappa shape index (κ3) is 3.60. The van der Waals surface area contributed by atoms with E-state index in [1.165, 1.54) is 37.9 Å². The van der Waals surface area contributed by atoms with Gasteiger partial charge in [-0.25, -0.2) is 4.39 Å². The topological polar surface area (TPSA) is 44.4 Å². The van der Waals surface area contributed by atoms with Crippen molar-refractivity contribution in [3.63, 3.8) is 0 Å². The highest BCUT2D eigenvalue weighted by Crippen LogP contribution is 2.26. The van der Waals surface area contributed by atoms with Gasteiger partial charge in [0.1, 0.15) is 5.82 Å². The first-order chi connectivity index (χ1) is 10.2. The van der Waals surface area contributed by atoms with E-state index in [0.29, 0.717) is 17.8 Å². The van der Waals surface area contributed by atoms with Crippen LogP contribution in [-0.2, 0) is 4.79 Å². The summed E-state index contributed by atoms with van der Waals surface area (Å²) in [6, 6.07) is 6.97. The van der Waals surface area contributed by atoms with E-state index in [1.807, 2.05) is 0 Å². The average Bonchev–Trinajstić information content (AvgIpc) is 2.88. The predicted octanol–water partition coefficient (Wildman–Crippen LogP) is 1.98. The third-order valence-corrected chi connectivity index (χ3v) is 4.49. The highest BCUT2D eigenvalue weighted by molar-refractivity contribution is 5.92. The number of carbonyl (C=O) groups is 1. The summed E-state index contributed by atoms with van der Waals surface area (Å²) in [5.74, 6) is -0.454. The molecule has 114 valence electrons. The number of hydrogen-bond donors (Lipinski definition) is 2. The summed E-state index contributed by atoms with van der Waals surface area (Å²) in [6.45, 7) is 2.61. The number of nitrogens with one attached hydrogen (secondary N) is 2. The molecular weight excluding hydrogens is 269 g/mol. The number of hydrogen-bond acceptors (Lipinski definition) is 3. The minimum Gasteiger partial charge on any atom is -0.325 e. The summed E-state index contributed by atoms with van der Waals surface area (Å²) in [5.41, 5.74) is 0.507. The van der Waals surface area contributed by atoms with E-state index in [9.17, 15) is 9.18 Å². The van der Waals surface area contributed by atoms with Gasteiger partial charge in [-0.15, -0.1) is 0 Å². The Labute approximate surface area is 124 Å². The monoisotopic (exact) mass is 291 g/mol. The number of rotatable bonds is 4. The Kier molecular flexibility index (Phi) is 4.51. The Morgan fingerprint density at radius 1 is 1.29 bits per heavy atom. The second kappa shape index (κ2) is 6.54. The maximum atomic E-state index is 13.1. The largest absolute Gasteiger partial charge is 0.325 e. The van der Waals surface area contributed by atoms with Crippen LogP contribution in [0.15, 0.2) is 24.3 Å². The van der Waals surface area contributed by atoms with Crippen molar-refractivity contribution in [1.82, 2.24) is 10.2 Å². The number of nitrogens with zero attached hydrogens (tertiary/aromatic N) is 1. The van der Waals surface area contributed by atoms with Crippen LogP contribution < -0.4 is 10.6 Å². The first-order valence-electron chi connectivity index (χ1n) is 7.75. The Morgan fingerprint density at radius 3 is 3.05 bits per heavy atom. The summed E-state index contributed by atoms with van der Waals surface area (Å²) >= 11 is 0. The SMILES string of the molecule is O=C(CNC1CCN2CCCCC12)Nc1cccc(F)c1. The zero-order chi connectivity index (χ0) is 14.7. The van der Waals surface area contributed by atoms with Crippen LogP contribution in [0.3, 0.4) is 0 Å². The second-order valence-corrected chi connectivity index (χ2v) is 5.93. The molecule has 0 aliphatic carbocycles. The number of anilines is 1. The molecule has 1 aromatic carbocycles. The molecule has 4 nitrogen and oxygen atoms in total. The van der Waals surface area contributed by atoms with Crippen LogP contribution in [0.4, 0.5) is 10.1 Å². The van der Waals surface area contributed by atoms with Crippen LogP contribution in [0.1, 0.15) is 25.7 Å². The number of benzene rings is 1. The number of fused-ring (bicyclic) bond motifs is 1. The third-order valence-electron chi connectivity index (χ3n) is 4.49. The van der Waals surface area contributed by atoms with Crippen molar-refractivity contribution in [2.75, 3.05) is 25.0 Å². The first-order valence-corrected chi connectivity index (χ1v) is 7.75. The number of halogens is 1. The van der Waals surface area contributed by atoms with E-state index in [-0.39, 0.29) is 18.3 Å². The zero-order valence-electron chi connectivity index (χ0n) is 12.1. The minimum absolute atomic E-state index is 0.116. The van der Waals surface area contributed by atoms with Gasteiger partial charge in [-0.05, 0) is 44.0 Å². The van der Waals surface area contributed by atoms with Crippen LogP contribution in [-0.4, -0.2) is 42.5 Å². The predicted molar refractivity (Wildman–Crippen MR) is 80.6 cm³/mol. The molecule has 3 rings (SSSR count). The molecule has 1 aromatic rings. The zero-order valence-corrected chi connectivity index (χ0v) is 12.1. The maximum Gasteiger partial charge on any atom is 0.238 e. The van der Waals surface area contributed by atoms with Crippen molar-refractivity contribution in [3.05, 3.63) is 30.1 Å². The molecule has 1 amide bonds. The van der Waals surface area contributed by atoms with Gasteiger partial charge < -0.3 is 10.6 Å². The quantitative estimate of drug-likeness (QED) is 0.891.